The van der Waals surface area contributed by atoms with Crippen LogP contribution in [0.5, 0.6) is 0 Å². The van der Waals surface area contributed by atoms with Crippen molar-refractivity contribution in [1.82, 2.24) is 14.9 Å². The maximum absolute atomic E-state index is 11.3. The molecule has 2 aromatic rings. The number of carbonyl (C=O) groups excluding carboxylic acids is 1. The van der Waals surface area contributed by atoms with Gasteiger partial charge in [0, 0.05) is 55.7 Å². The molecule has 0 N–H and O–H groups in total. The van der Waals surface area contributed by atoms with Crippen LogP contribution in [0.2, 0.25) is 0 Å². The van der Waals surface area contributed by atoms with Crippen molar-refractivity contribution in [3.8, 4) is 11.1 Å². The van der Waals surface area contributed by atoms with Gasteiger partial charge in [-0.3, -0.25) is 9.69 Å². The molecule has 1 aromatic heterocycles. The smallest absolute Gasteiger partial charge is 0.225 e. The lowest BCUT2D eigenvalue weighted by molar-refractivity contribution is 0.101. The Morgan fingerprint density at radius 1 is 0.923 bits per heavy atom. The fourth-order valence-corrected chi connectivity index (χ4v) is 2.97. The van der Waals surface area contributed by atoms with Gasteiger partial charge in [-0.15, -0.1) is 24.8 Å². The van der Waals surface area contributed by atoms with Gasteiger partial charge in [0.05, 0.1) is 0 Å². The molecule has 0 aliphatic carbocycles. The predicted molar refractivity (Wildman–Crippen MR) is 111 cm³/mol. The van der Waals surface area contributed by atoms with E-state index in [2.05, 4.69) is 33.6 Å². The second kappa shape index (κ2) is 9.86. The molecule has 0 bridgehead atoms. The molecular weight excluding hydrogens is 371 g/mol. The number of aromatic nitrogens is 2. The van der Waals surface area contributed by atoms with E-state index in [0.29, 0.717) is 6.04 Å². The summed E-state index contributed by atoms with van der Waals surface area (Å²) in [6, 6.07) is 8.16. The second-order valence-corrected chi connectivity index (χ2v) is 6.52. The zero-order valence-electron chi connectivity index (χ0n) is 15.4. The van der Waals surface area contributed by atoms with Crippen LogP contribution in [0.3, 0.4) is 0 Å². The number of rotatable bonds is 4. The Morgan fingerprint density at radius 3 is 1.92 bits per heavy atom. The predicted octanol–water partition coefficient (Wildman–Crippen LogP) is 3.72. The van der Waals surface area contributed by atoms with Crippen LogP contribution in [0, 0.1) is 0 Å². The zero-order chi connectivity index (χ0) is 17.1. The average molecular weight is 397 g/mol. The topological polar surface area (TPSA) is 49.3 Å². The van der Waals surface area contributed by atoms with Crippen LogP contribution in [-0.2, 0) is 0 Å². The molecule has 0 saturated carbocycles. The van der Waals surface area contributed by atoms with Gasteiger partial charge in [-0.1, -0.05) is 24.3 Å². The highest BCUT2D eigenvalue weighted by molar-refractivity contribution is 5.94. The normalized spacial score (nSPS) is 14.5. The van der Waals surface area contributed by atoms with Gasteiger partial charge in [-0.2, -0.15) is 0 Å². The van der Waals surface area contributed by atoms with E-state index in [-0.39, 0.29) is 30.6 Å². The third-order valence-corrected chi connectivity index (χ3v) is 4.59. The number of nitrogens with zero attached hydrogens (tertiary/aromatic N) is 4. The molecular formula is C19H26Cl2N4O. The van der Waals surface area contributed by atoms with Crippen LogP contribution in [0.25, 0.3) is 11.1 Å². The van der Waals surface area contributed by atoms with Crippen molar-refractivity contribution in [2.75, 3.05) is 31.1 Å². The largest absolute Gasteiger partial charge is 0.338 e. The van der Waals surface area contributed by atoms with Gasteiger partial charge >= 0.3 is 0 Å². The van der Waals surface area contributed by atoms with E-state index in [1.54, 1.807) is 6.92 Å². The Kier molecular flexibility index (Phi) is 8.47. The van der Waals surface area contributed by atoms with Crippen LogP contribution in [-0.4, -0.2) is 52.9 Å². The molecule has 1 aliphatic rings. The molecule has 2 heterocycles. The summed E-state index contributed by atoms with van der Waals surface area (Å²) in [7, 11) is 0. The van der Waals surface area contributed by atoms with Crippen molar-refractivity contribution in [2.24, 2.45) is 0 Å². The molecule has 1 aromatic carbocycles. The van der Waals surface area contributed by atoms with E-state index in [4.69, 9.17) is 0 Å². The molecule has 0 atom stereocenters. The SMILES string of the molecule is CC(=O)c1ccc(-c2cnc(N3CCN(C(C)C)CC3)nc2)cc1.Cl.Cl. The Hall–Kier alpha value is -1.69. The minimum Gasteiger partial charge on any atom is -0.338 e. The summed E-state index contributed by atoms with van der Waals surface area (Å²) in [6.45, 7) is 10.1. The summed E-state index contributed by atoms with van der Waals surface area (Å²) >= 11 is 0. The molecule has 0 radical (unpaired) electrons. The minimum absolute atomic E-state index is 0. The van der Waals surface area contributed by atoms with Gasteiger partial charge in [-0.05, 0) is 26.3 Å². The van der Waals surface area contributed by atoms with Gasteiger partial charge < -0.3 is 4.90 Å². The molecule has 0 unspecified atom stereocenters. The summed E-state index contributed by atoms with van der Waals surface area (Å²) in [5, 5.41) is 0. The van der Waals surface area contributed by atoms with E-state index in [1.165, 1.54) is 0 Å². The molecule has 142 valence electrons. The van der Waals surface area contributed by atoms with Crippen LogP contribution in [0.15, 0.2) is 36.7 Å². The number of hydrogen-bond acceptors (Lipinski definition) is 5. The van der Waals surface area contributed by atoms with Crippen molar-refractivity contribution in [3.63, 3.8) is 0 Å². The minimum atomic E-state index is 0. The summed E-state index contributed by atoms with van der Waals surface area (Å²) in [5.74, 6) is 0.871. The molecule has 1 saturated heterocycles. The number of piperazine rings is 1. The van der Waals surface area contributed by atoms with Crippen molar-refractivity contribution < 1.29 is 4.79 Å². The highest BCUT2D eigenvalue weighted by atomic mass is 35.5. The van der Waals surface area contributed by atoms with Crippen molar-refractivity contribution in [3.05, 3.63) is 42.2 Å². The lowest BCUT2D eigenvalue weighted by Gasteiger charge is -2.36. The highest BCUT2D eigenvalue weighted by Crippen LogP contribution is 2.20. The first-order valence-electron chi connectivity index (χ1n) is 8.47. The maximum atomic E-state index is 11.3. The standard InChI is InChI=1S/C19H24N4O.2ClH/c1-14(2)22-8-10-23(11-9-22)19-20-12-18(13-21-19)17-6-4-16(5-7-17)15(3)24;;/h4-7,12-14H,8-11H2,1-3H3;2*1H. The number of benzene rings is 1. The van der Waals surface area contributed by atoms with Crippen LogP contribution < -0.4 is 4.90 Å². The Balaban J connectivity index is 0.00000169. The monoisotopic (exact) mass is 396 g/mol. The number of hydrogen-bond donors (Lipinski definition) is 0. The highest BCUT2D eigenvalue weighted by Gasteiger charge is 2.20. The van der Waals surface area contributed by atoms with Crippen molar-refractivity contribution in [1.29, 1.82) is 0 Å². The van der Waals surface area contributed by atoms with Crippen LogP contribution in [0.1, 0.15) is 31.1 Å². The third kappa shape index (κ3) is 5.16. The van der Waals surface area contributed by atoms with Crippen LogP contribution >= 0.6 is 24.8 Å². The van der Waals surface area contributed by atoms with Gasteiger partial charge in [0.25, 0.3) is 0 Å². The molecule has 26 heavy (non-hydrogen) atoms. The summed E-state index contributed by atoms with van der Waals surface area (Å²) in [5.41, 5.74) is 2.71. The Bertz CT molecular complexity index is 696. The number of halogens is 2. The summed E-state index contributed by atoms with van der Waals surface area (Å²) in [6.07, 6.45) is 3.72. The maximum Gasteiger partial charge on any atom is 0.225 e. The van der Waals surface area contributed by atoms with E-state index in [1.807, 2.05) is 36.7 Å². The molecule has 5 nitrogen and oxygen atoms in total. The Labute approximate surface area is 167 Å². The van der Waals surface area contributed by atoms with E-state index in [9.17, 15) is 4.79 Å². The second-order valence-electron chi connectivity index (χ2n) is 6.52. The first-order valence-corrected chi connectivity index (χ1v) is 8.47. The first kappa shape index (κ1) is 22.4. The summed E-state index contributed by atoms with van der Waals surface area (Å²) in [4.78, 5) is 25.1. The quantitative estimate of drug-likeness (QED) is 0.736. The lowest BCUT2D eigenvalue weighted by Crippen LogP contribution is -2.49. The van der Waals surface area contributed by atoms with E-state index < -0.39 is 0 Å². The molecule has 0 spiro atoms. The summed E-state index contributed by atoms with van der Waals surface area (Å²) < 4.78 is 0. The fourth-order valence-electron chi connectivity index (χ4n) is 2.97. The molecule has 0 amide bonds. The Morgan fingerprint density at radius 2 is 1.46 bits per heavy atom. The molecule has 3 rings (SSSR count). The van der Waals surface area contributed by atoms with Crippen molar-refractivity contribution >= 4 is 36.5 Å². The lowest BCUT2D eigenvalue weighted by atomic mass is 10.1. The number of carbonyl (C=O) groups is 1. The van der Waals surface area contributed by atoms with Gasteiger partial charge in [0.15, 0.2) is 5.78 Å². The van der Waals surface area contributed by atoms with E-state index >= 15 is 0 Å². The van der Waals surface area contributed by atoms with Crippen LogP contribution in [0.4, 0.5) is 5.95 Å². The number of anilines is 1. The fraction of sp³-hybridized carbons (Fsp3) is 0.421. The van der Waals surface area contributed by atoms with Gasteiger partial charge in [0.2, 0.25) is 5.95 Å². The first-order chi connectivity index (χ1) is 11.5. The molecule has 1 fully saturated rings. The molecule has 1 aliphatic heterocycles. The van der Waals surface area contributed by atoms with Crippen molar-refractivity contribution in [2.45, 2.75) is 26.8 Å². The molecule has 7 heteroatoms. The zero-order valence-corrected chi connectivity index (χ0v) is 17.0. The average Bonchev–Trinajstić information content (AvgIpc) is 2.62. The van der Waals surface area contributed by atoms with Gasteiger partial charge in [-0.25, -0.2) is 9.97 Å². The third-order valence-electron chi connectivity index (χ3n) is 4.59. The number of Topliss-reactive ketones (excluding diaryl/α,β-unsaturated/α-hetero) is 1. The van der Waals surface area contributed by atoms with Gasteiger partial charge in [0.1, 0.15) is 0 Å². The van der Waals surface area contributed by atoms with E-state index in [0.717, 1.165) is 48.8 Å². The number of ketones is 1.